The Labute approximate surface area is 197 Å². The largest absolute Gasteiger partial charge is 0.497 e. The molecule has 2 aromatic rings. The van der Waals surface area contributed by atoms with E-state index in [1.165, 1.54) is 0 Å². The molecule has 0 aromatic heterocycles. The lowest BCUT2D eigenvalue weighted by Crippen LogP contribution is -2.48. The molecular formula is C25H33N3O4S. The van der Waals surface area contributed by atoms with Crippen LogP contribution >= 0.6 is 0 Å². The van der Waals surface area contributed by atoms with Crippen molar-refractivity contribution in [2.75, 3.05) is 49.6 Å². The quantitative estimate of drug-likeness (QED) is 0.668. The van der Waals surface area contributed by atoms with E-state index >= 15 is 0 Å². The first kappa shape index (κ1) is 23.6. The molecule has 0 saturated carbocycles. The maximum Gasteiger partial charge on any atom is 0.243 e. The van der Waals surface area contributed by atoms with Crippen LogP contribution in [0.25, 0.3) is 0 Å². The van der Waals surface area contributed by atoms with Gasteiger partial charge in [-0.05, 0) is 48.0 Å². The third-order valence-corrected chi connectivity index (χ3v) is 8.51. The summed E-state index contributed by atoms with van der Waals surface area (Å²) in [5, 5.41) is 0. The standard InChI is InChI=1S/C25H33N3O4S/c1-18(2)24(29)28-17-25(3,4)22-16-21(10-11-23(22)28)33(30,31)27-14-12-26(13-15-27)19-6-8-20(32-5)9-7-19/h6-11,16,18H,12-15,17H2,1-5H3. The molecule has 1 fully saturated rings. The SMILES string of the molecule is COc1ccc(N2CCN(S(=O)(=O)c3ccc4c(c3)C(C)(C)CN4C(=O)C(C)C)CC2)cc1. The number of rotatable bonds is 5. The number of piperazine rings is 1. The summed E-state index contributed by atoms with van der Waals surface area (Å²) in [6, 6.07) is 13.0. The molecule has 2 aliphatic heterocycles. The van der Waals surface area contributed by atoms with Crippen LogP contribution in [0.4, 0.5) is 11.4 Å². The number of anilines is 2. The number of nitrogens with zero attached hydrogens (tertiary/aromatic N) is 3. The first-order valence-electron chi connectivity index (χ1n) is 11.4. The fourth-order valence-electron chi connectivity index (χ4n) is 4.66. The summed E-state index contributed by atoms with van der Waals surface area (Å²) in [5.74, 6) is 0.748. The summed E-state index contributed by atoms with van der Waals surface area (Å²) < 4.78 is 33.7. The molecule has 0 spiro atoms. The molecular weight excluding hydrogens is 438 g/mol. The summed E-state index contributed by atoms with van der Waals surface area (Å²) in [5.41, 5.74) is 2.48. The van der Waals surface area contributed by atoms with E-state index in [0.717, 1.165) is 22.7 Å². The smallest absolute Gasteiger partial charge is 0.243 e. The van der Waals surface area contributed by atoms with E-state index in [0.29, 0.717) is 37.6 Å². The fourth-order valence-corrected chi connectivity index (χ4v) is 6.10. The average molecular weight is 472 g/mol. The van der Waals surface area contributed by atoms with Gasteiger partial charge in [0.15, 0.2) is 0 Å². The lowest BCUT2D eigenvalue weighted by Gasteiger charge is -2.35. The van der Waals surface area contributed by atoms with Crippen LogP contribution in [-0.2, 0) is 20.2 Å². The number of ether oxygens (including phenoxy) is 1. The minimum atomic E-state index is -3.62. The van der Waals surface area contributed by atoms with E-state index in [4.69, 9.17) is 4.74 Å². The highest BCUT2D eigenvalue weighted by molar-refractivity contribution is 7.89. The molecule has 4 rings (SSSR count). The van der Waals surface area contributed by atoms with Gasteiger partial charge in [-0.2, -0.15) is 4.31 Å². The number of benzene rings is 2. The number of hydrogen-bond acceptors (Lipinski definition) is 5. The molecule has 33 heavy (non-hydrogen) atoms. The zero-order chi connectivity index (χ0) is 24.0. The highest BCUT2D eigenvalue weighted by atomic mass is 32.2. The third-order valence-electron chi connectivity index (χ3n) is 6.62. The van der Waals surface area contributed by atoms with Crippen LogP contribution in [0.1, 0.15) is 33.3 Å². The van der Waals surface area contributed by atoms with Gasteiger partial charge in [0.05, 0.1) is 12.0 Å². The molecule has 0 atom stereocenters. The maximum absolute atomic E-state index is 13.5. The Morgan fingerprint density at radius 2 is 1.64 bits per heavy atom. The Morgan fingerprint density at radius 3 is 2.21 bits per heavy atom. The highest BCUT2D eigenvalue weighted by Gasteiger charge is 2.40. The highest BCUT2D eigenvalue weighted by Crippen LogP contribution is 2.42. The van der Waals surface area contributed by atoms with Crippen molar-refractivity contribution >= 4 is 27.3 Å². The summed E-state index contributed by atoms with van der Waals surface area (Å²) in [7, 11) is -1.98. The number of hydrogen-bond donors (Lipinski definition) is 0. The zero-order valence-corrected chi connectivity index (χ0v) is 20.9. The van der Waals surface area contributed by atoms with Gasteiger partial charge in [0.2, 0.25) is 15.9 Å². The number of sulfonamides is 1. The van der Waals surface area contributed by atoms with Crippen molar-refractivity contribution in [3.05, 3.63) is 48.0 Å². The van der Waals surface area contributed by atoms with Gasteiger partial charge in [0.1, 0.15) is 5.75 Å². The molecule has 0 N–H and O–H groups in total. The number of fused-ring (bicyclic) bond motifs is 1. The molecule has 2 aromatic carbocycles. The molecule has 0 aliphatic carbocycles. The summed E-state index contributed by atoms with van der Waals surface area (Å²) >= 11 is 0. The van der Waals surface area contributed by atoms with Crippen molar-refractivity contribution in [1.82, 2.24) is 4.31 Å². The molecule has 8 heteroatoms. The van der Waals surface area contributed by atoms with E-state index in [9.17, 15) is 13.2 Å². The summed E-state index contributed by atoms with van der Waals surface area (Å²) in [6.45, 7) is 10.5. The molecule has 178 valence electrons. The number of amides is 1. The van der Waals surface area contributed by atoms with Gasteiger partial charge in [-0.25, -0.2) is 8.42 Å². The second kappa shape index (κ2) is 8.65. The Kier molecular flexibility index (Phi) is 6.18. The predicted molar refractivity (Wildman–Crippen MR) is 131 cm³/mol. The van der Waals surface area contributed by atoms with Crippen molar-refractivity contribution in [2.45, 2.75) is 38.0 Å². The van der Waals surface area contributed by atoms with E-state index in [1.807, 2.05) is 38.1 Å². The van der Waals surface area contributed by atoms with E-state index in [-0.39, 0.29) is 17.2 Å². The minimum absolute atomic E-state index is 0.0621. The van der Waals surface area contributed by atoms with Gasteiger partial charge < -0.3 is 14.5 Å². The van der Waals surface area contributed by atoms with Gasteiger partial charge in [-0.1, -0.05) is 27.7 Å². The molecule has 0 bridgehead atoms. The first-order valence-corrected chi connectivity index (χ1v) is 12.8. The average Bonchev–Trinajstić information content (AvgIpc) is 3.08. The second-order valence-corrected chi connectivity index (χ2v) is 11.7. The molecule has 2 heterocycles. The molecule has 0 unspecified atom stereocenters. The Bertz CT molecular complexity index is 1130. The van der Waals surface area contributed by atoms with Crippen molar-refractivity contribution in [3.63, 3.8) is 0 Å². The monoisotopic (exact) mass is 471 g/mol. The van der Waals surface area contributed by atoms with Crippen LogP contribution in [0, 0.1) is 5.92 Å². The van der Waals surface area contributed by atoms with Crippen LogP contribution in [-0.4, -0.2) is 58.5 Å². The molecule has 2 aliphatic rings. The minimum Gasteiger partial charge on any atom is -0.497 e. The van der Waals surface area contributed by atoms with Crippen LogP contribution in [0.15, 0.2) is 47.4 Å². The predicted octanol–water partition coefficient (Wildman–Crippen LogP) is 3.49. The second-order valence-electron chi connectivity index (χ2n) is 9.73. The number of methoxy groups -OCH3 is 1. The lowest BCUT2D eigenvalue weighted by molar-refractivity contribution is -0.121. The number of carbonyl (C=O) groups is 1. The Morgan fingerprint density at radius 1 is 1.00 bits per heavy atom. The van der Waals surface area contributed by atoms with E-state index in [1.54, 1.807) is 34.5 Å². The van der Waals surface area contributed by atoms with Crippen LogP contribution in [0.5, 0.6) is 5.75 Å². The maximum atomic E-state index is 13.5. The van der Waals surface area contributed by atoms with Gasteiger partial charge in [-0.3, -0.25) is 4.79 Å². The number of carbonyl (C=O) groups excluding carboxylic acids is 1. The van der Waals surface area contributed by atoms with Crippen LogP contribution in [0.2, 0.25) is 0 Å². The molecule has 0 radical (unpaired) electrons. The van der Waals surface area contributed by atoms with Crippen LogP contribution < -0.4 is 14.5 Å². The zero-order valence-electron chi connectivity index (χ0n) is 20.0. The van der Waals surface area contributed by atoms with Gasteiger partial charge in [0.25, 0.3) is 0 Å². The van der Waals surface area contributed by atoms with Crippen molar-refractivity contribution in [2.24, 2.45) is 5.92 Å². The van der Waals surface area contributed by atoms with Crippen molar-refractivity contribution in [3.8, 4) is 5.75 Å². The lowest BCUT2D eigenvalue weighted by atomic mass is 9.87. The summed E-state index contributed by atoms with van der Waals surface area (Å²) in [6.07, 6.45) is 0. The first-order chi connectivity index (χ1) is 15.5. The van der Waals surface area contributed by atoms with Crippen molar-refractivity contribution in [1.29, 1.82) is 0 Å². The van der Waals surface area contributed by atoms with E-state index < -0.39 is 10.0 Å². The van der Waals surface area contributed by atoms with Crippen molar-refractivity contribution < 1.29 is 17.9 Å². The topological polar surface area (TPSA) is 70.2 Å². The molecule has 7 nitrogen and oxygen atoms in total. The summed E-state index contributed by atoms with van der Waals surface area (Å²) in [4.78, 5) is 17.0. The molecule has 1 saturated heterocycles. The third kappa shape index (κ3) is 4.34. The van der Waals surface area contributed by atoms with Crippen LogP contribution in [0.3, 0.4) is 0 Å². The Hall–Kier alpha value is -2.58. The normalized spacial score (nSPS) is 18.5. The van der Waals surface area contributed by atoms with E-state index in [2.05, 4.69) is 18.7 Å². The van der Waals surface area contributed by atoms with Gasteiger partial charge >= 0.3 is 0 Å². The Balaban J connectivity index is 1.53. The van der Waals surface area contributed by atoms with Gasteiger partial charge in [-0.15, -0.1) is 0 Å². The van der Waals surface area contributed by atoms with Gasteiger partial charge in [0, 0.05) is 55.4 Å². The molecule has 1 amide bonds. The fraction of sp³-hybridized carbons (Fsp3) is 0.480.